The van der Waals surface area contributed by atoms with Crippen LogP contribution >= 0.6 is 0 Å². The molecule has 11 rings (SSSR count). The molecule has 2 nitrogen and oxygen atoms in total. The van der Waals surface area contributed by atoms with E-state index in [4.69, 9.17) is 4.42 Å². The van der Waals surface area contributed by atoms with Gasteiger partial charge in [-0.3, -0.25) is 0 Å². The summed E-state index contributed by atoms with van der Waals surface area (Å²) in [6.45, 7) is 4.72. The molecule has 57 heavy (non-hydrogen) atoms. The van der Waals surface area contributed by atoms with E-state index in [1.165, 1.54) is 60.8 Å². The molecule has 1 aromatic heterocycles. The summed E-state index contributed by atoms with van der Waals surface area (Å²) in [4.78, 5) is 2.48. The van der Waals surface area contributed by atoms with Gasteiger partial charge in [0.15, 0.2) is 0 Å². The van der Waals surface area contributed by atoms with Crippen LogP contribution in [0.2, 0.25) is 0 Å². The van der Waals surface area contributed by atoms with Gasteiger partial charge in [-0.2, -0.15) is 0 Å². The van der Waals surface area contributed by atoms with Crippen LogP contribution in [-0.2, 0) is 5.41 Å². The highest BCUT2D eigenvalue weighted by Crippen LogP contribution is 2.53. The molecule has 9 aromatic carbocycles. The van der Waals surface area contributed by atoms with Crippen LogP contribution in [-0.4, -0.2) is 0 Å². The SMILES string of the molecule is CC1(C)c2ccccc2-c2ccc(N(c3ccc(-c4ccccc4)c(-c4ccccc4)c3)c3ccc4oc5ccccc5c4c3-c3cccc4ccccc34)cc21. The maximum atomic E-state index is 6.62. The Hall–Kier alpha value is -7.16. The van der Waals surface area contributed by atoms with Gasteiger partial charge in [-0.25, -0.2) is 0 Å². The first-order valence-electron chi connectivity index (χ1n) is 19.8. The van der Waals surface area contributed by atoms with Gasteiger partial charge in [0.2, 0.25) is 0 Å². The number of nitrogens with zero attached hydrogens (tertiary/aromatic N) is 1. The molecule has 0 radical (unpaired) electrons. The quantitative estimate of drug-likeness (QED) is 0.169. The van der Waals surface area contributed by atoms with Crippen molar-refractivity contribution in [2.75, 3.05) is 4.90 Å². The third kappa shape index (κ3) is 5.25. The molecule has 0 aliphatic heterocycles. The number of hydrogen-bond acceptors (Lipinski definition) is 2. The lowest BCUT2D eigenvalue weighted by Gasteiger charge is -2.31. The monoisotopic (exact) mass is 729 g/mol. The van der Waals surface area contributed by atoms with Crippen LogP contribution in [0, 0.1) is 0 Å². The van der Waals surface area contributed by atoms with Gasteiger partial charge in [0, 0.05) is 33.1 Å². The number of furan rings is 1. The Balaban J connectivity index is 1.25. The van der Waals surface area contributed by atoms with E-state index in [1.807, 2.05) is 0 Å². The lowest BCUT2D eigenvalue weighted by molar-refractivity contribution is 0.660. The highest BCUT2D eigenvalue weighted by molar-refractivity contribution is 6.19. The Bertz CT molecular complexity index is 3150. The molecule has 2 heteroatoms. The topological polar surface area (TPSA) is 16.4 Å². The van der Waals surface area contributed by atoms with Gasteiger partial charge < -0.3 is 9.32 Å². The number of benzene rings is 9. The number of fused-ring (bicyclic) bond motifs is 7. The summed E-state index contributed by atoms with van der Waals surface area (Å²) in [5.74, 6) is 0. The van der Waals surface area contributed by atoms with Crippen molar-refractivity contribution < 1.29 is 4.42 Å². The zero-order chi connectivity index (χ0) is 38.1. The normalized spacial score (nSPS) is 12.9. The largest absolute Gasteiger partial charge is 0.456 e. The van der Waals surface area contributed by atoms with E-state index in [9.17, 15) is 0 Å². The maximum absolute atomic E-state index is 6.62. The molecule has 0 spiro atoms. The number of hydrogen-bond donors (Lipinski definition) is 0. The van der Waals surface area contributed by atoms with Crippen LogP contribution in [0.15, 0.2) is 205 Å². The Morgan fingerprint density at radius 1 is 0.404 bits per heavy atom. The summed E-state index contributed by atoms with van der Waals surface area (Å²) in [7, 11) is 0. The second kappa shape index (κ2) is 13.0. The smallest absolute Gasteiger partial charge is 0.136 e. The van der Waals surface area contributed by atoms with Gasteiger partial charge in [-0.15, -0.1) is 0 Å². The number of para-hydroxylation sites is 1. The van der Waals surface area contributed by atoms with E-state index in [2.05, 4.69) is 219 Å². The van der Waals surface area contributed by atoms with Gasteiger partial charge in [-0.1, -0.05) is 172 Å². The predicted molar refractivity (Wildman–Crippen MR) is 240 cm³/mol. The molecule has 270 valence electrons. The minimum absolute atomic E-state index is 0.164. The van der Waals surface area contributed by atoms with Gasteiger partial charge >= 0.3 is 0 Å². The molecule has 0 saturated heterocycles. The van der Waals surface area contributed by atoms with E-state index < -0.39 is 0 Å². The predicted octanol–water partition coefficient (Wildman–Crippen LogP) is 15.5. The van der Waals surface area contributed by atoms with Crippen molar-refractivity contribution in [2.45, 2.75) is 19.3 Å². The van der Waals surface area contributed by atoms with Gasteiger partial charge in [-0.05, 0) is 103 Å². The van der Waals surface area contributed by atoms with Gasteiger partial charge in [0.1, 0.15) is 11.2 Å². The standard InChI is InChI=1S/C55H39NO/c1-55(2)48-26-13-11-23-43(48)44-31-29-40(35-49(44)55)56(39-28-30-42(36-16-5-3-6-17-36)47(34-39)38-18-7-4-8-19-38)50-32-33-52-54(46-24-12-14-27-51(46)57-52)53(50)45-25-15-21-37-20-9-10-22-41(37)45/h3-35H,1-2H3. The third-order valence-corrected chi connectivity index (χ3v) is 12.1. The average Bonchev–Trinajstić information content (AvgIpc) is 3.76. The van der Waals surface area contributed by atoms with Crippen molar-refractivity contribution in [3.8, 4) is 44.5 Å². The van der Waals surface area contributed by atoms with Crippen LogP contribution in [0.1, 0.15) is 25.0 Å². The lowest BCUT2D eigenvalue weighted by atomic mass is 9.82. The Morgan fingerprint density at radius 3 is 1.81 bits per heavy atom. The van der Waals surface area contributed by atoms with Crippen molar-refractivity contribution in [3.63, 3.8) is 0 Å². The molecule has 0 bridgehead atoms. The molecule has 0 atom stereocenters. The highest BCUT2D eigenvalue weighted by atomic mass is 16.3. The molecule has 0 amide bonds. The summed E-state index contributed by atoms with van der Waals surface area (Å²) in [5, 5.41) is 4.62. The molecule has 10 aromatic rings. The third-order valence-electron chi connectivity index (χ3n) is 12.1. The zero-order valence-electron chi connectivity index (χ0n) is 31.9. The second-order valence-corrected chi connectivity index (χ2v) is 15.7. The lowest BCUT2D eigenvalue weighted by Crippen LogP contribution is -2.17. The molecule has 0 N–H and O–H groups in total. The highest BCUT2D eigenvalue weighted by Gasteiger charge is 2.36. The molecule has 1 aliphatic rings. The first-order chi connectivity index (χ1) is 28.0. The number of anilines is 3. The first-order valence-corrected chi connectivity index (χ1v) is 19.8. The molecule has 1 aliphatic carbocycles. The van der Waals surface area contributed by atoms with E-state index >= 15 is 0 Å². The van der Waals surface area contributed by atoms with Crippen LogP contribution in [0.25, 0.3) is 77.2 Å². The van der Waals surface area contributed by atoms with Crippen molar-refractivity contribution >= 4 is 49.8 Å². The van der Waals surface area contributed by atoms with Crippen LogP contribution < -0.4 is 4.90 Å². The van der Waals surface area contributed by atoms with Gasteiger partial charge in [0.25, 0.3) is 0 Å². The molecule has 1 heterocycles. The summed E-state index contributed by atoms with van der Waals surface area (Å²) in [6, 6.07) is 72.7. The van der Waals surface area contributed by atoms with Crippen LogP contribution in [0.4, 0.5) is 17.1 Å². The summed E-state index contributed by atoms with van der Waals surface area (Å²) in [6.07, 6.45) is 0. The first kappa shape index (κ1) is 33.2. The second-order valence-electron chi connectivity index (χ2n) is 15.7. The van der Waals surface area contributed by atoms with E-state index in [1.54, 1.807) is 0 Å². The average molecular weight is 730 g/mol. The van der Waals surface area contributed by atoms with E-state index in [0.717, 1.165) is 44.6 Å². The summed E-state index contributed by atoms with van der Waals surface area (Å²) in [5.41, 5.74) is 17.2. The molecule has 0 saturated carbocycles. The van der Waals surface area contributed by atoms with Crippen LogP contribution in [0.3, 0.4) is 0 Å². The number of rotatable bonds is 6. The fourth-order valence-corrected chi connectivity index (χ4v) is 9.36. The molecule has 0 fully saturated rings. The molecular weight excluding hydrogens is 691 g/mol. The van der Waals surface area contributed by atoms with Crippen molar-refractivity contribution in [1.29, 1.82) is 0 Å². The molecule has 0 unspecified atom stereocenters. The Labute approximate surface area is 332 Å². The zero-order valence-corrected chi connectivity index (χ0v) is 31.9. The fraction of sp³-hybridized carbons (Fsp3) is 0.0545. The minimum atomic E-state index is -0.164. The minimum Gasteiger partial charge on any atom is -0.456 e. The Morgan fingerprint density at radius 2 is 1.00 bits per heavy atom. The van der Waals surface area contributed by atoms with Crippen molar-refractivity contribution in [3.05, 3.63) is 211 Å². The van der Waals surface area contributed by atoms with Crippen LogP contribution in [0.5, 0.6) is 0 Å². The summed E-state index contributed by atoms with van der Waals surface area (Å²) >= 11 is 0. The fourth-order valence-electron chi connectivity index (χ4n) is 9.36. The Kier molecular flexibility index (Phi) is 7.55. The van der Waals surface area contributed by atoms with E-state index in [0.29, 0.717) is 0 Å². The maximum Gasteiger partial charge on any atom is 0.136 e. The van der Waals surface area contributed by atoms with E-state index in [-0.39, 0.29) is 5.41 Å². The summed E-state index contributed by atoms with van der Waals surface area (Å²) < 4.78 is 6.62. The van der Waals surface area contributed by atoms with Gasteiger partial charge in [0.05, 0.1) is 5.69 Å². The van der Waals surface area contributed by atoms with Crippen molar-refractivity contribution in [1.82, 2.24) is 0 Å². The van der Waals surface area contributed by atoms with Crippen molar-refractivity contribution in [2.24, 2.45) is 0 Å². The molecular formula is C55H39NO.